The second-order valence-corrected chi connectivity index (χ2v) is 6.03. The number of fused-ring (bicyclic) bond motifs is 1. The summed E-state index contributed by atoms with van der Waals surface area (Å²) >= 11 is 0. The molecule has 0 aliphatic carbocycles. The maximum atomic E-state index is 14.1. The summed E-state index contributed by atoms with van der Waals surface area (Å²) in [7, 11) is 0. The Hall–Kier alpha value is -2.17. The minimum absolute atomic E-state index is 0.0327. The van der Waals surface area contributed by atoms with Gasteiger partial charge in [0.1, 0.15) is 11.6 Å². The number of aromatic nitrogens is 2. The molecule has 1 aromatic heterocycles. The van der Waals surface area contributed by atoms with Gasteiger partial charge in [-0.3, -0.25) is 9.36 Å². The van der Waals surface area contributed by atoms with E-state index in [1.807, 2.05) is 11.8 Å². The number of hydrogen-bond acceptors (Lipinski definition) is 2. The first kappa shape index (κ1) is 15.7. The maximum Gasteiger partial charge on any atom is 0.274 e. The van der Waals surface area contributed by atoms with Crippen LogP contribution in [0.1, 0.15) is 54.6 Å². The summed E-state index contributed by atoms with van der Waals surface area (Å²) < 4.78 is 15.9. The third-order valence-electron chi connectivity index (χ3n) is 4.35. The third kappa shape index (κ3) is 2.87. The van der Waals surface area contributed by atoms with Crippen molar-refractivity contribution in [3.63, 3.8) is 0 Å². The SMILES string of the molecule is CCCCCCN1Cc2c(nc(C)n2-c2ccccc2F)C1=O. The average Bonchev–Trinajstić information content (AvgIpc) is 3.01. The van der Waals surface area contributed by atoms with Crippen LogP contribution in [0, 0.1) is 12.7 Å². The van der Waals surface area contributed by atoms with Gasteiger partial charge in [0.15, 0.2) is 5.69 Å². The summed E-state index contributed by atoms with van der Waals surface area (Å²) in [6, 6.07) is 6.61. The molecule has 0 N–H and O–H groups in total. The minimum atomic E-state index is -0.301. The van der Waals surface area contributed by atoms with Gasteiger partial charge in [-0.15, -0.1) is 0 Å². The van der Waals surface area contributed by atoms with E-state index in [0.717, 1.165) is 25.1 Å². The van der Waals surface area contributed by atoms with Gasteiger partial charge in [-0.25, -0.2) is 9.37 Å². The molecule has 1 aromatic carbocycles. The zero-order chi connectivity index (χ0) is 16.4. The van der Waals surface area contributed by atoms with Crippen LogP contribution in [0.5, 0.6) is 0 Å². The number of amides is 1. The summed E-state index contributed by atoms with van der Waals surface area (Å²) in [6.07, 6.45) is 4.49. The van der Waals surface area contributed by atoms with E-state index < -0.39 is 0 Å². The largest absolute Gasteiger partial charge is 0.331 e. The number of nitrogens with zero attached hydrogens (tertiary/aromatic N) is 3. The molecular formula is C18H22FN3O. The highest BCUT2D eigenvalue weighted by atomic mass is 19.1. The number of imidazole rings is 1. The summed E-state index contributed by atoms with van der Waals surface area (Å²) in [4.78, 5) is 18.7. The highest BCUT2D eigenvalue weighted by Crippen LogP contribution is 2.28. The Bertz CT molecular complexity index is 723. The number of aryl methyl sites for hydroxylation is 1. The third-order valence-corrected chi connectivity index (χ3v) is 4.35. The average molecular weight is 315 g/mol. The first-order chi connectivity index (χ1) is 11.1. The zero-order valence-corrected chi connectivity index (χ0v) is 13.7. The molecule has 2 heterocycles. The van der Waals surface area contributed by atoms with Crippen LogP contribution in [-0.2, 0) is 6.54 Å². The Kier molecular flexibility index (Phi) is 4.46. The summed E-state index contributed by atoms with van der Waals surface area (Å²) in [6.45, 7) is 5.23. The molecule has 0 bridgehead atoms. The molecule has 2 aromatic rings. The molecule has 0 atom stereocenters. The number of carbonyl (C=O) groups excluding carboxylic acids is 1. The highest BCUT2D eigenvalue weighted by molar-refractivity contribution is 5.96. The molecule has 0 fully saturated rings. The smallest absolute Gasteiger partial charge is 0.274 e. The highest BCUT2D eigenvalue weighted by Gasteiger charge is 2.33. The first-order valence-corrected chi connectivity index (χ1v) is 8.26. The Morgan fingerprint density at radius 3 is 2.74 bits per heavy atom. The van der Waals surface area contributed by atoms with Crippen molar-refractivity contribution in [1.82, 2.24) is 14.5 Å². The lowest BCUT2D eigenvalue weighted by atomic mass is 10.2. The molecule has 1 aliphatic heterocycles. The fourth-order valence-electron chi connectivity index (χ4n) is 3.16. The number of para-hydroxylation sites is 1. The van der Waals surface area contributed by atoms with Crippen LogP contribution in [0.25, 0.3) is 5.69 Å². The number of hydrogen-bond donors (Lipinski definition) is 0. The van der Waals surface area contributed by atoms with Crippen LogP contribution >= 0.6 is 0 Å². The summed E-state index contributed by atoms with van der Waals surface area (Å²) in [5.41, 5.74) is 1.73. The lowest BCUT2D eigenvalue weighted by Gasteiger charge is -2.17. The van der Waals surface area contributed by atoms with Gasteiger partial charge in [-0.2, -0.15) is 0 Å². The van der Waals surface area contributed by atoms with E-state index in [1.54, 1.807) is 22.8 Å². The maximum absolute atomic E-state index is 14.1. The first-order valence-electron chi connectivity index (χ1n) is 8.26. The zero-order valence-electron chi connectivity index (χ0n) is 13.7. The minimum Gasteiger partial charge on any atom is -0.331 e. The number of benzene rings is 1. The van der Waals surface area contributed by atoms with Crippen LogP contribution in [0.2, 0.25) is 0 Å². The lowest BCUT2D eigenvalue weighted by Crippen LogP contribution is -2.26. The molecule has 0 spiro atoms. The van der Waals surface area contributed by atoms with Crippen molar-refractivity contribution in [3.05, 3.63) is 47.3 Å². The predicted octanol–water partition coefficient (Wildman–Crippen LogP) is 3.86. The Labute approximate surface area is 135 Å². The Morgan fingerprint density at radius 2 is 2.00 bits per heavy atom. The van der Waals surface area contributed by atoms with Gasteiger partial charge in [0.2, 0.25) is 0 Å². The van der Waals surface area contributed by atoms with Crippen LogP contribution in [-0.4, -0.2) is 26.9 Å². The van der Waals surface area contributed by atoms with Crippen LogP contribution in [0.15, 0.2) is 24.3 Å². The van der Waals surface area contributed by atoms with Gasteiger partial charge < -0.3 is 4.90 Å². The van der Waals surface area contributed by atoms with Gasteiger partial charge in [-0.1, -0.05) is 38.3 Å². The van der Waals surface area contributed by atoms with E-state index in [2.05, 4.69) is 11.9 Å². The predicted molar refractivity (Wildman–Crippen MR) is 87.1 cm³/mol. The van der Waals surface area contributed by atoms with Gasteiger partial charge in [-0.05, 0) is 25.5 Å². The van der Waals surface area contributed by atoms with Crippen LogP contribution in [0.4, 0.5) is 4.39 Å². The lowest BCUT2D eigenvalue weighted by molar-refractivity contribution is 0.0769. The van der Waals surface area contributed by atoms with Crippen molar-refractivity contribution >= 4 is 5.91 Å². The van der Waals surface area contributed by atoms with Crippen LogP contribution < -0.4 is 0 Å². The van der Waals surface area contributed by atoms with Crippen molar-refractivity contribution in [1.29, 1.82) is 0 Å². The van der Waals surface area contributed by atoms with Crippen molar-refractivity contribution in [2.45, 2.75) is 46.1 Å². The van der Waals surface area contributed by atoms with Crippen molar-refractivity contribution < 1.29 is 9.18 Å². The molecule has 1 amide bonds. The molecule has 1 aliphatic rings. The number of halogens is 1. The van der Waals surface area contributed by atoms with Crippen molar-refractivity contribution in [2.75, 3.05) is 6.54 Å². The van der Waals surface area contributed by atoms with E-state index in [-0.39, 0.29) is 11.7 Å². The molecule has 0 saturated carbocycles. The van der Waals surface area contributed by atoms with Gasteiger partial charge in [0.25, 0.3) is 5.91 Å². The van der Waals surface area contributed by atoms with E-state index in [0.29, 0.717) is 23.8 Å². The molecule has 0 saturated heterocycles. The van der Waals surface area contributed by atoms with Crippen molar-refractivity contribution in [3.8, 4) is 5.69 Å². The molecule has 4 nitrogen and oxygen atoms in total. The molecule has 0 unspecified atom stereocenters. The van der Waals surface area contributed by atoms with Gasteiger partial charge in [0.05, 0.1) is 17.9 Å². The number of unbranched alkanes of at least 4 members (excludes halogenated alkanes) is 3. The molecule has 122 valence electrons. The van der Waals surface area contributed by atoms with E-state index in [9.17, 15) is 9.18 Å². The monoisotopic (exact) mass is 315 g/mol. The molecular weight excluding hydrogens is 293 g/mol. The number of carbonyl (C=O) groups is 1. The number of rotatable bonds is 6. The van der Waals surface area contributed by atoms with Crippen molar-refractivity contribution in [2.24, 2.45) is 0 Å². The topological polar surface area (TPSA) is 38.1 Å². The van der Waals surface area contributed by atoms with Gasteiger partial charge in [0, 0.05) is 6.54 Å². The molecule has 3 rings (SSSR count). The Balaban J connectivity index is 1.85. The Morgan fingerprint density at radius 1 is 1.22 bits per heavy atom. The molecule has 0 radical (unpaired) electrons. The summed E-state index contributed by atoms with van der Waals surface area (Å²) in [5.74, 6) is 0.318. The normalized spacial score (nSPS) is 13.7. The standard InChI is InChI=1S/C18H22FN3O/c1-3-4-5-8-11-21-12-16-17(18(21)23)20-13(2)22(16)15-10-7-6-9-14(15)19/h6-7,9-10H,3-5,8,11-12H2,1-2H3. The van der Waals surface area contributed by atoms with E-state index >= 15 is 0 Å². The fraction of sp³-hybridized carbons (Fsp3) is 0.444. The van der Waals surface area contributed by atoms with Gasteiger partial charge >= 0.3 is 0 Å². The van der Waals surface area contributed by atoms with E-state index in [1.165, 1.54) is 18.9 Å². The molecule has 23 heavy (non-hydrogen) atoms. The molecule has 5 heteroatoms. The van der Waals surface area contributed by atoms with Crippen LogP contribution in [0.3, 0.4) is 0 Å². The van der Waals surface area contributed by atoms with E-state index in [4.69, 9.17) is 0 Å². The summed E-state index contributed by atoms with van der Waals surface area (Å²) in [5, 5.41) is 0. The fourth-order valence-corrected chi connectivity index (χ4v) is 3.16. The second kappa shape index (κ2) is 6.52. The quantitative estimate of drug-likeness (QED) is 0.759. The second-order valence-electron chi connectivity index (χ2n) is 6.03.